The van der Waals surface area contributed by atoms with Crippen molar-refractivity contribution in [1.82, 2.24) is 0 Å². The molecular formula is C8H8BF3N2. The van der Waals surface area contributed by atoms with E-state index >= 15 is 0 Å². The molecule has 3 N–H and O–H groups in total. The average molecular weight is 200 g/mol. The minimum atomic E-state index is -4.45. The zero-order valence-electron chi connectivity index (χ0n) is 7.44. The van der Waals surface area contributed by atoms with Gasteiger partial charge >= 0.3 is 6.18 Å². The summed E-state index contributed by atoms with van der Waals surface area (Å²) in [6, 6.07) is 1.99. The van der Waals surface area contributed by atoms with Crippen molar-refractivity contribution in [3.05, 3.63) is 17.7 Å². The van der Waals surface area contributed by atoms with Crippen LogP contribution in [0.25, 0.3) is 0 Å². The fourth-order valence-corrected chi connectivity index (χ4v) is 1.10. The Kier molecular flexibility index (Phi) is 2.64. The van der Waals surface area contributed by atoms with Gasteiger partial charge in [-0.1, -0.05) is 5.46 Å². The number of anilines is 2. The van der Waals surface area contributed by atoms with E-state index < -0.39 is 11.7 Å². The first-order valence-corrected chi connectivity index (χ1v) is 3.80. The van der Waals surface area contributed by atoms with Gasteiger partial charge in [0.2, 0.25) is 0 Å². The molecule has 0 spiro atoms. The molecule has 0 amide bonds. The summed E-state index contributed by atoms with van der Waals surface area (Å²) < 4.78 is 37.0. The number of nitrogens with two attached hydrogens (primary N) is 1. The van der Waals surface area contributed by atoms with E-state index in [1.54, 1.807) is 0 Å². The summed E-state index contributed by atoms with van der Waals surface area (Å²) in [4.78, 5) is 0. The van der Waals surface area contributed by atoms with Crippen LogP contribution < -0.4 is 16.5 Å². The normalized spacial score (nSPS) is 11.4. The first kappa shape index (κ1) is 10.8. The molecule has 1 rings (SSSR count). The minimum absolute atomic E-state index is 0.193. The smallest absolute Gasteiger partial charge is 0.397 e. The lowest BCUT2D eigenvalue weighted by molar-refractivity contribution is -0.136. The topological polar surface area (TPSA) is 38.0 Å². The van der Waals surface area contributed by atoms with Gasteiger partial charge in [0.05, 0.1) is 16.9 Å². The molecular weight excluding hydrogens is 192 g/mol. The molecule has 14 heavy (non-hydrogen) atoms. The molecule has 2 nitrogen and oxygen atoms in total. The number of nitrogen functional groups attached to an aromatic ring is 1. The first-order valence-electron chi connectivity index (χ1n) is 3.80. The van der Waals surface area contributed by atoms with Crippen molar-refractivity contribution in [1.29, 1.82) is 0 Å². The van der Waals surface area contributed by atoms with Gasteiger partial charge in [0.15, 0.2) is 0 Å². The molecule has 0 aliphatic rings. The van der Waals surface area contributed by atoms with Gasteiger partial charge in [0, 0.05) is 7.05 Å². The molecule has 0 unspecified atom stereocenters. The van der Waals surface area contributed by atoms with Gasteiger partial charge in [-0.15, -0.1) is 0 Å². The molecule has 0 aliphatic carbocycles. The molecule has 74 valence electrons. The standard InChI is InChI=1S/C8H8BF3N2/c1-14-7-2-4(8(10,11)12)5(9)3-6(7)13/h2-3,14H,13H2,1H3. The van der Waals surface area contributed by atoms with Gasteiger partial charge in [-0.05, 0) is 12.1 Å². The quantitative estimate of drug-likeness (QED) is 0.526. The van der Waals surface area contributed by atoms with Gasteiger partial charge < -0.3 is 11.1 Å². The van der Waals surface area contributed by atoms with E-state index in [2.05, 4.69) is 5.32 Å². The van der Waals surface area contributed by atoms with Crippen LogP contribution in [0.5, 0.6) is 0 Å². The second kappa shape index (κ2) is 3.44. The van der Waals surface area contributed by atoms with Gasteiger partial charge in [-0.3, -0.25) is 0 Å². The fourth-order valence-electron chi connectivity index (χ4n) is 1.10. The maximum Gasteiger partial charge on any atom is 0.415 e. The van der Waals surface area contributed by atoms with Crippen molar-refractivity contribution in [2.45, 2.75) is 6.18 Å². The third kappa shape index (κ3) is 1.94. The Labute approximate surface area is 80.7 Å². The molecule has 2 radical (unpaired) electrons. The molecule has 0 bridgehead atoms. The highest BCUT2D eigenvalue weighted by Crippen LogP contribution is 2.31. The molecule has 6 heteroatoms. The lowest BCUT2D eigenvalue weighted by atomic mass is 9.89. The second-order valence-corrected chi connectivity index (χ2v) is 2.77. The summed E-state index contributed by atoms with van der Waals surface area (Å²) in [5, 5.41) is 2.55. The molecule has 0 atom stereocenters. The lowest BCUT2D eigenvalue weighted by Gasteiger charge is -2.14. The molecule has 0 aromatic heterocycles. The van der Waals surface area contributed by atoms with E-state index in [4.69, 9.17) is 13.6 Å². The van der Waals surface area contributed by atoms with Crippen molar-refractivity contribution in [2.75, 3.05) is 18.1 Å². The molecule has 0 fully saturated rings. The molecule has 1 aromatic rings. The van der Waals surface area contributed by atoms with Crippen LogP contribution in [0.1, 0.15) is 5.56 Å². The predicted molar refractivity (Wildman–Crippen MR) is 50.8 cm³/mol. The monoisotopic (exact) mass is 200 g/mol. The largest absolute Gasteiger partial charge is 0.415 e. The van der Waals surface area contributed by atoms with E-state index in [9.17, 15) is 13.2 Å². The van der Waals surface area contributed by atoms with Gasteiger partial charge in [0.1, 0.15) is 7.85 Å². The van der Waals surface area contributed by atoms with Gasteiger partial charge in [-0.2, -0.15) is 13.2 Å². The highest BCUT2D eigenvalue weighted by molar-refractivity contribution is 6.34. The molecule has 0 saturated heterocycles. The number of benzene rings is 1. The third-order valence-corrected chi connectivity index (χ3v) is 1.80. The third-order valence-electron chi connectivity index (χ3n) is 1.80. The number of hydrogen-bond acceptors (Lipinski definition) is 2. The number of rotatable bonds is 1. The van der Waals surface area contributed by atoms with Crippen LogP contribution in [0.15, 0.2) is 12.1 Å². The maximum atomic E-state index is 12.3. The van der Waals surface area contributed by atoms with Crippen LogP contribution in [-0.4, -0.2) is 14.9 Å². The van der Waals surface area contributed by atoms with Crippen LogP contribution in [0.3, 0.4) is 0 Å². The Morgan fingerprint density at radius 2 is 1.93 bits per heavy atom. The van der Waals surface area contributed by atoms with E-state index in [-0.39, 0.29) is 16.8 Å². The molecule has 0 heterocycles. The summed E-state index contributed by atoms with van der Waals surface area (Å²) >= 11 is 0. The highest BCUT2D eigenvalue weighted by Gasteiger charge is 2.32. The molecule has 1 aromatic carbocycles. The van der Waals surface area contributed by atoms with Gasteiger partial charge in [0.25, 0.3) is 0 Å². The Morgan fingerprint density at radius 1 is 1.36 bits per heavy atom. The van der Waals surface area contributed by atoms with E-state index in [0.29, 0.717) is 0 Å². The van der Waals surface area contributed by atoms with Gasteiger partial charge in [-0.25, -0.2) is 0 Å². The van der Waals surface area contributed by atoms with Crippen LogP contribution in [0.2, 0.25) is 0 Å². The number of hydrogen-bond donors (Lipinski definition) is 2. The van der Waals surface area contributed by atoms with E-state index in [1.807, 2.05) is 0 Å². The average Bonchev–Trinajstić information content (AvgIpc) is 2.02. The first-order chi connectivity index (χ1) is 6.36. The number of nitrogens with one attached hydrogen (secondary N) is 1. The second-order valence-electron chi connectivity index (χ2n) is 2.77. The minimum Gasteiger partial charge on any atom is -0.397 e. The highest BCUT2D eigenvalue weighted by atomic mass is 19.4. The summed E-state index contributed by atoms with van der Waals surface area (Å²) in [6.07, 6.45) is -4.45. The Hall–Kier alpha value is -1.33. The summed E-state index contributed by atoms with van der Waals surface area (Å²) in [5.41, 5.74) is 4.60. The molecule has 0 saturated carbocycles. The Morgan fingerprint density at radius 3 is 2.36 bits per heavy atom. The number of halogens is 3. The van der Waals surface area contributed by atoms with Crippen molar-refractivity contribution < 1.29 is 13.2 Å². The number of alkyl halides is 3. The zero-order chi connectivity index (χ0) is 10.9. The maximum absolute atomic E-state index is 12.3. The molecule has 0 aliphatic heterocycles. The Bertz CT molecular complexity index is 349. The van der Waals surface area contributed by atoms with Crippen LogP contribution in [0.4, 0.5) is 24.5 Å². The van der Waals surface area contributed by atoms with Crippen molar-refractivity contribution in [3.63, 3.8) is 0 Å². The van der Waals surface area contributed by atoms with Crippen LogP contribution >= 0.6 is 0 Å². The predicted octanol–water partition coefficient (Wildman–Crippen LogP) is 1.12. The fraction of sp³-hybridized carbons (Fsp3) is 0.250. The van der Waals surface area contributed by atoms with Crippen LogP contribution in [0, 0.1) is 0 Å². The van der Waals surface area contributed by atoms with Crippen molar-refractivity contribution in [2.24, 2.45) is 0 Å². The SMILES string of the molecule is [B]c1cc(N)c(NC)cc1C(F)(F)F. The summed E-state index contributed by atoms with van der Waals surface area (Å²) in [6.45, 7) is 0. The zero-order valence-corrected chi connectivity index (χ0v) is 7.44. The van der Waals surface area contributed by atoms with E-state index in [1.165, 1.54) is 7.05 Å². The Balaban J connectivity index is 3.32. The van der Waals surface area contributed by atoms with Crippen LogP contribution in [-0.2, 0) is 6.18 Å². The summed E-state index contributed by atoms with van der Waals surface area (Å²) in [5.74, 6) is 0. The van der Waals surface area contributed by atoms with E-state index in [0.717, 1.165) is 12.1 Å². The van der Waals surface area contributed by atoms with Crippen molar-refractivity contribution in [3.8, 4) is 0 Å². The lowest BCUT2D eigenvalue weighted by Crippen LogP contribution is -2.21. The summed E-state index contributed by atoms with van der Waals surface area (Å²) in [7, 11) is 6.69. The van der Waals surface area contributed by atoms with Crippen molar-refractivity contribution >= 4 is 24.7 Å².